The maximum absolute atomic E-state index is 11.8. The van der Waals surface area contributed by atoms with Gasteiger partial charge in [0.05, 0.1) is 12.5 Å². The second kappa shape index (κ2) is 8.93. The summed E-state index contributed by atoms with van der Waals surface area (Å²) in [6.07, 6.45) is -0.714. The number of hydrogen-bond donors (Lipinski definition) is 4. The van der Waals surface area contributed by atoms with Crippen LogP contribution < -0.4 is 16.0 Å². The van der Waals surface area contributed by atoms with Crippen LogP contribution in [0, 0.1) is 0 Å². The van der Waals surface area contributed by atoms with Gasteiger partial charge in [0.25, 0.3) is 0 Å². The Morgan fingerprint density at radius 1 is 1.33 bits per heavy atom. The molecule has 0 aromatic heterocycles. The average molecular weight is 295 g/mol. The molecular formula is C14H21N3O4. The number of carbonyl (C=O) groups is 2. The maximum atomic E-state index is 11.8. The van der Waals surface area contributed by atoms with Crippen molar-refractivity contribution in [3.8, 4) is 0 Å². The van der Waals surface area contributed by atoms with E-state index in [0.29, 0.717) is 12.2 Å². The standard InChI is InChI=1S/C14H21N3O4/c1-15-8-10-5-3-4-6-12(10)17-14(20)16-9-11(21-2)7-13(18)19/h3-6,11,15H,7-9H2,1-2H3,(H,18,19)(H2,16,17,20). The van der Waals surface area contributed by atoms with Gasteiger partial charge >= 0.3 is 12.0 Å². The summed E-state index contributed by atoms with van der Waals surface area (Å²) in [4.78, 5) is 22.4. The number of aliphatic carboxylic acids is 1. The Morgan fingerprint density at radius 2 is 2.05 bits per heavy atom. The molecule has 1 aromatic carbocycles. The Bertz CT molecular complexity index is 479. The van der Waals surface area contributed by atoms with E-state index < -0.39 is 18.1 Å². The number of carboxylic acids is 1. The van der Waals surface area contributed by atoms with Gasteiger partial charge in [-0.1, -0.05) is 18.2 Å². The van der Waals surface area contributed by atoms with E-state index in [4.69, 9.17) is 9.84 Å². The molecular weight excluding hydrogens is 274 g/mol. The average Bonchev–Trinajstić information content (AvgIpc) is 2.45. The maximum Gasteiger partial charge on any atom is 0.319 e. The molecule has 2 amide bonds. The first-order chi connectivity index (χ1) is 10.1. The van der Waals surface area contributed by atoms with Gasteiger partial charge in [-0.25, -0.2) is 4.79 Å². The number of benzene rings is 1. The summed E-state index contributed by atoms with van der Waals surface area (Å²) in [6.45, 7) is 0.763. The third kappa shape index (κ3) is 6.24. The summed E-state index contributed by atoms with van der Waals surface area (Å²) < 4.78 is 4.99. The topological polar surface area (TPSA) is 99.7 Å². The minimum atomic E-state index is -0.969. The molecule has 0 radical (unpaired) electrons. The van der Waals surface area contributed by atoms with Gasteiger partial charge in [-0.2, -0.15) is 0 Å². The number of nitrogens with one attached hydrogen (secondary N) is 3. The SMILES string of the molecule is CNCc1ccccc1NC(=O)NCC(CC(=O)O)OC. The normalized spacial score (nSPS) is 11.7. The van der Waals surface area contributed by atoms with Crippen LogP contribution in [0.3, 0.4) is 0 Å². The van der Waals surface area contributed by atoms with Crippen LogP contribution in [-0.2, 0) is 16.1 Å². The Balaban J connectivity index is 2.52. The first-order valence-electron chi connectivity index (χ1n) is 6.58. The van der Waals surface area contributed by atoms with Crippen LogP contribution in [0.2, 0.25) is 0 Å². The molecule has 1 unspecified atom stereocenters. The highest BCUT2D eigenvalue weighted by molar-refractivity contribution is 5.90. The molecule has 0 aliphatic rings. The van der Waals surface area contributed by atoms with Crippen LogP contribution in [-0.4, -0.2) is 43.9 Å². The van der Waals surface area contributed by atoms with E-state index in [-0.39, 0.29) is 13.0 Å². The molecule has 0 aliphatic heterocycles. The van der Waals surface area contributed by atoms with Gasteiger partial charge in [-0.05, 0) is 18.7 Å². The number of ether oxygens (including phenoxy) is 1. The van der Waals surface area contributed by atoms with E-state index in [9.17, 15) is 9.59 Å². The molecule has 7 heteroatoms. The van der Waals surface area contributed by atoms with E-state index in [1.54, 1.807) is 6.07 Å². The Kier molecular flexibility index (Phi) is 7.20. The molecule has 0 saturated heterocycles. The van der Waals surface area contributed by atoms with Crippen LogP contribution in [0.15, 0.2) is 24.3 Å². The van der Waals surface area contributed by atoms with Crippen molar-refractivity contribution in [2.75, 3.05) is 26.0 Å². The summed E-state index contributed by atoms with van der Waals surface area (Å²) in [5.41, 5.74) is 1.67. The second-order valence-corrected chi connectivity index (χ2v) is 4.48. The third-order valence-corrected chi connectivity index (χ3v) is 2.86. The fourth-order valence-electron chi connectivity index (χ4n) is 1.79. The quantitative estimate of drug-likeness (QED) is 0.574. The summed E-state index contributed by atoms with van der Waals surface area (Å²) in [7, 11) is 3.24. The molecule has 0 aliphatic carbocycles. The molecule has 1 atom stereocenters. The lowest BCUT2D eigenvalue weighted by atomic mass is 10.2. The smallest absolute Gasteiger partial charge is 0.319 e. The fraction of sp³-hybridized carbons (Fsp3) is 0.429. The predicted octanol–water partition coefficient (Wildman–Crippen LogP) is 1.02. The minimum Gasteiger partial charge on any atom is -0.481 e. The van der Waals surface area contributed by atoms with E-state index in [0.717, 1.165) is 5.56 Å². The number of methoxy groups -OCH3 is 1. The van der Waals surface area contributed by atoms with Crippen LogP contribution in [0.1, 0.15) is 12.0 Å². The summed E-state index contributed by atoms with van der Waals surface area (Å²) in [5.74, 6) is -0.969. The van der Waals surface area contributed by atoms with E-state index in [2.05, 4.69) is 16.0 Å². The number of rotatable bonds is 8. The molecule has 7 nitrogen and oxygen atoms in total. The largest absolute Gasteiger partial charge is 0.481 e. The molecule has 1 aromatic rings. The van der Waals surface area contributed by atoms with Gasteiger partial charge in [0.15, 0.2) is 0 Å². The van der Waals surface area contributed by atoms with Gasteiger partial charge in [0.1, 0.15) is 0 Å². The number of para-hydroxylation sites is 1. The Hall–Kier alpha value is -2.12. The second-order valence-electron chi connectivity index (χ2n) is 4.48. The lowest BCUT2D eigenvalue weighted by molar-refractivity contribution is -0.139. The number of amides is 2. The van der Waals surface area contributed by atoms with Gasteiger partial charge in [0.2, 0.25) is 0 Å². The van der Waals surface area contributed by atoms with Gasteiger partial charge < -0.3 is 25.8 Å². The Labute approximate surface area is 123 Å². The van der Waals surface area contributed by atoms with E-state index >= 15 is 0 Å². The van der Waals surface area contributed by atoms with E-state index in [1.165, 1.54) is 7.11 Å². The molecule has 0 saturated carbocycles. The third-order valence-electron chi connectivity index (χ3n) is 2.86. The number of anilines is 1. The summed E-state index contributed by atoms with van der Waals surface area (Å²) >= 11 is 0. The van der Waals surface area contributed by atoms with Gasteiger partial charge in [-0.15, -0.1) is 0 Å². The van der Waals surface area contributed by atoms with Crippen molar-refractivity contribution < 1.29 is 19.4 Å². The number of hydrogen-bond acceptors (Lipinski definition) is 4. The molecule has 21 heavy (non-hydrogen) atoms. The van der Waals surface area contributed by atoms with Crippen molar-refractivity contribution in [3.05, 3.63) is 29.8 Å². The first kappa shape index (κ1) is 16.9. The minimum absolute atomic E-state index is 0.128. The van der Waals surface area contributed by atoms with Crippen LogP contribution in [0.4, 0.5) is 10.5 Å². The van der Waals surface area contributed by atoms with Crippen LogP contribution in [0.25, 0.3) is 0 Å². The zero-order valence-electron chi connectivity index (χ0n) is 12.2. The van der Waals surface area contributed by atoms with Crippen molar-refractivity contribution in [2.24, 2.45) is 0 Å². The summed E-state index contributed by atoms with van der Waals surface area (Å²) in [6, 6.07) is 7.04. The van der Waals surface area contributed by atoms with Crippen LogP contribution in [0.5, 0.6) is 0 Å². The Morgan fingerprint density at radius 3 is 2.67 bits per heavy atom. The number of carbonyl (C=O) groups excluding carboxylic acids is 1. The number of carboxylic acid groups (broad SMARTS) is 1. The highest BCUT2D eigenvalue weighted by Crippen LogP contribution is 2.14. The van der Waals surface area contributed by atoms with Crippen molar-refractivity contribution >= 4 is 17.7 Å². The monoisotopic (exact) mass is 295 g/mol. The van der Waals surface area contributed by atoms with Crippen LogP contribution >= 0.6 is 0 Å². The zero-order chi connectivity index (χ0) is 15.7. The number of urea groups is 1. The van der Waals surface area contributed by atoms with Crippen molar-refractivity contribution in [1.29, 1.82) is 0 Å². The molecule has 0 heterocycles. The van der Waals surface area contributed by atoms with Crippen molar-refractivity contribution in [2.45, 2.75) is 19.1 Å². The molecule has 0 fully saturated rings. The first-order valence-corrected chi connectivity index (χ1v) is 6.58. The fourth-order valence-corrected chi connectivity index (χ4v) is 1.79. The lowest BCUT2D eigenvalue weighted by Gasteiger charge is -2.15. The lowest BCUT2D eigenvalue weighted by Crippen LogP contribution is -2.37. The highest BCUT2D eigenvalue weighted by Gasteiger charge is 2.14. The van der Waals surface area contributed by atoms with Crippen molar-refractivity contribution in [3.63, 3.8) is 0 Å². The van der Waals surface area contributed by atoms with E-state index in [1.807, 2.05) is 25.2 Å². The molecule has 116 valence electrons. The highest BCUT2D eigenvalue weighted by atomic mass is 16.5. The van der Waals surface area contributed by atoms with Crippen molar-refractivity contribution in [1.82, 2.24) is 10.6 Å². The van der Waals surface area contributed by atoms with Gasteiger partial charge in [-0.3, -0.25) is 4.79 Å². The molecule has 0 spiro atoms. The summed E-state index contributed by atoms with van der Waals surface area (Å²) in [5, 5.41) is 17.1. The molecule has 1 rings (SSSR count). The predicted molar refractivity (Wildman–Crippen MR) is 79.3 cm³/mol. The van der Waals surface area contributed by atoms with Gasteiger partial charge in [0, 0.05) is 25.9 Å². The molecule has 0 bridgehead atoms. The molecule has 4 N–H and O–H groups in total. The zero-order valence-corrected chi connectivity index (χ0v) is 12.2.